The second-order valence-corrected chi connectivity index (χ2v) is 4.08. The van der Waals surface area contributed by atoms with E-state index < -0.39 is 0 Å². The molecule has 0 radical (unpaired) electrons. The van der Waals surface area contributed by atoms with Gasteiger partial charge in [-0.05, 0) is 31.4 Å². The number of carbonyl (C=O) groups excluding carboxylic acids is 1. The van der Waals surface area contributed by atoms with E-state index in [1.807, 2.05) is 38.1 Å². The molecule has 2 rings (SSSR count). The maximum atomic E-state index is 12.2. The molecule has 0 saturated carbocycles. The molecule has 1 N–H and O–H groups in total. The quantitative estimate of drug-likeness (QED) is 0.898. The molecule has 0 aliphatic carbocycles. The summed E-state index contributed by atoms with van der Waals surface area (Å²) in [7, 11) is 0. The van der Waals surface area contributed by atoms with Gasteiger partial charge in [-0.2, -0.15) is 0 Å². The minimum Gasteiger partial charge on any atom is -0.339 e. The average Bonchev–Trinajstić information content (AvgIpc) is 2.39. The average molecular weight is 244 g/mol. The summed E-state index contributed by atoms with van der Waals surface area (Å²) in [6, 6.07) is 9.10. The van der Waals surface area contributed by atoms with Crippen LogP contribution in [0.4, 0.5) is 0 Å². The lowest BCUT2D eigenvalue weighted by Crippen LogP contribution is -2.34. The molecule has 1 aromatic heterocycles. The van der Waals surface area contributed by atoms with Gasteiger partial charge < -0.3 is 9.88 Å². The molecule has 0 bridgehead atoms. The van der Waals surface area contributed by atoms with E-state index in [4.69, 9.17) is 0 Å². The van der Waals surface area contributed by atoms with E-state index in [9.17, 15) is 9.59 Å². The molecule has 1 heterocycles. The van der Waals surface area contributed by atoms with Crippen molar-refractivity contribution in [2.45, 2.75) is 13.8 Å². The lowest BCUT2D eigenvalue weighted by molar-refractivity contribution is 0.0771. The maximum Gasteiger partial charge on any atom is 0.261 e. The number of aromatic amines is 1. The first-order valence-corrected chi connectivity index (χ1v) is 6.08. The van der Waals surface area contributed by atoms with Crippen molar-refractivity contribution in [2.75, 3.05) is 13.1 Å². The van der Waals surface area contributed by atoms with Gasteiger partial charge in [0, 0.05) is 18.6 Å². The first-order chi connectivity index (χ1) is 8.67. The van der Waals surface area contributed by atoms with E-state index in [1.54, 1.807) is 11.0 Å². The predicted molar refractivity (Wildman–Crippen MR) is 71.8 cm³/mol. The Labute approximate surface area is 105 Å². The molecule has 1 amide bonds. The number of fused-ring (bicyclic) bond motifs is 1. The van der Waals surface area contributed by atoms with Crippen LogP contribution in [0.3, 0.4) is 0 Å². The van der Waals surface area contributed by atoms with Gasteiger partial charge in [-0.25, -0.2) is 0 Å². The molecule has 0 unspecified atom stereocenters. The number of para-hydroxylation sites is 1. The molecular formula is C14H16N2O2. The smallest absolute Gasteiger partial charge is 0.261 e. The molecule has 0 aliphatic rings. The zero-order valence-electron chi connectivity index (χ0n) is 10.6. The lowest BCUT2D eigenvalue weighted by Gasteiger charge is -2.18. The molecule has 0 aliphatic heterocycles. The van der Waals surface area contributed by atoms with E-state index in [1.165, 1.54) is 0 Å². The standard InChI is InChI=1S/C14H16N2O2/c1-3-16(4-2)14(18)11-9-10-7-5-6-8-12(10)15-13(11)17/h5-9H,3-4H2,1-2H3,(H,15,17). The minimum absolute atomic E-state index is 0.206. The molecule has 18 heavy (non-hydrogen) atoms. The van der Waals surface area contributed by atoms with E-state index in [-0.39, 0.29) is 17.0 Å². The van der Waals surface area contributed by atoms with Crippen LogP contribution in [0.1, 0.15) is 24.2 Å². The van der Waals surface area contributed by atoms with Crippen LogP contribution in [0.25, 0.3) is 10.9 Å². The third-order valence-corrected chi connectivity index (χ3v) is 3.03. The largest absolute Gasteiger partial charge is 0.339 e. The van der Waals surface area contributed by atoms with Crippen LogP contribution in [0, 0.1) is 0 Å². The topological polar surface area (TPSA) is 53.2 Å². The number of hydrogen-bond donors (Lipinski definition) is 1. The SMILES string of the molecule is CCN(CC)C(=O)c1cc2ccccc2[nH]c1=O. The summed E-state index contributed by atoms with van der Waals surface area (Å²) < 4.78 is 0. The number of hydrogen-bond acceptors (Lipinski definition) is 2. The number of benzene rings is 1. The van der Waals surface area contributed by atoms with Gasteiger partial charge in [-0.15, -0.1) is 0 Å². The third-order valence-electron chi connectivity index (χ3n) is 3.03. The second kappa shape index (κ2) is 5.04. The highest BCUT2D eigenvalue weighted by Crippen LogP contribution is 2.11. The lowest BCUT2D eigenvalue weighted by atomic mass is 10.1. The van der Waals surface area contributed by atoms with Crippen molar-refractivity contribution in [3.8, 4) is 0 Å². The number of pyridine rings is 1. The van der Waals surface area contributed by atoms with Gasteiger partial charge in [-0.1, -0.05) is 18.2 Å². The Morgan fingerprint density at radius 2 is 1.89 bits per heavy atom. The van der Waals surface area contributed by atoms with Gasteiger partial charge in [-0.3, -0.25) is 9.59 Å². The number of H-pyrrole nitrogens is 1. The Bertz CT molecular complexity index is 627. The number of rotatable bonds is 3. The Kier molecular flexibility index (Phi) is 3.46. The van der Waals surface area contributed by atoms with Crippen LogP contribution in [0.2, 0.25) is 0 Å². The summed E-state index contributed by atoms with van der Waals surface area (Å²) in [4.78, 5) is 28.5. The zero-order valence-corrected chi connectivity index (χ0v) is 10.6. The van der Waals surface area contributed by atoms with Gasteiger partial charge in [0.25, 0.3) is 11.5 Å². The van der Waals surface area contributed by atoms with Crippen molar-refractivity contribution in [3.63, 3.8) is 0 Å². The van der Waals surface area contributed by atoms with Crippen LogP contribution in [0.15, 0.2) is 35.1 Å². The highest BCUT2D eigenvalue weighted by Gasteiger charge is 2.16. The van der Waals surface area contributed by atoms with E-state index in [2.05, 4.69) is 4.98 Å². The van der Waals surface area contributed by atoms with Gasteiger partial charge >= 0.3 is 0 Å². The minimum atomic E-state index is -0.328. The monoisotopic (exact) mass is 244 g/mol. The van der Waals surface area contributed by atoms with Crippen LogP contribution >= 0.6 is 0 Å². The van der Waals surface area contributed by atoms with Crippen LogP contribution < -0.4 is 5.56 Å². The van der Waals surface area contributed by atoms with Crippen molar-refractivity contribution in [3.05, 3.63) is 46.2 Å². The first kappa shape index (κ1) is 12.4. The van der Waals surface area contributed by atoms with E-state index in [0.29, 0.717) is 13.1 Å². The molecule has 0 saturated heterocycles. The summed E-state index contributed by atoms with van der Waals surface area (Å²) in [5.74, 6) is -0.216. The normalized spacial score (nSPS) is 10.6. The Morgan fingerprint density at radius 3 is 2.56 bits per heavy atom. The molecule has 0 atom stereocenters. The fourth-order valence-corrected chi connectivity index (χ4v) is 1.99. The summed E-state index contributed by atoms with van der Waals surface area (Å²) in [6.07, 6.45) is 0. The predicted octanol–water partition coefficient (Wildman–Crippen LogP) is 2.01. The van der Waals surface area contributed by atoms with Crippen LogP contribution in [0.5, 0.6) is 0 Å². The maximum absolute atomic E-state index is 12.2. The van der Waals surface area contributed by atoms with Crippen LogP contribution in [-0.2, 0) is 0 Å². The zero-order chi connectivity index (χ0) is 13.1. The van der Waals surface area contributed by atoms with Gasteiger partial charge in [0.05, 0.1) is 0 Å². The molecule has 0 spiro atoms. The highest BCUT2D eigenvalue weighted by molar-refractivity contribution is 5.97. The fraction of sp³-hybridized carbons (Fsp3) is 0.286. The highest BCUT2D eigenvalue weighted by atomic mass is 16.2. The van der Waals surface area contributed by atoms with Crippen molar-refractivity contribution < 1.29 is 4.79 Å². The van der Waals surface area contributed by atoms with E-state index >= 15 is 0 Å². The molecule has 0 fully saturated rings. The number of carbonyl (C=O) groups is 1. The number of nitrogens with one attached hydrogen (secondary N) is 1. The Balaban J connectivity index is 2.54. The molecule has 4 heteroatoms. The van der Waals surface area contributed by atoms with Crippen molar-refractivity contribution in [2.24, 2.45) is 0 Å². The van der Waals surface area contributed by atoms with Crippen molar-refractivity contribution >= 4 is 16.8 Å². The second-order valence-electron chi connectivity index (χ2n) is 4.08. The molecule has 2 aromatic rings. The summed E-state index contributed by atoms with van der Waals surface area (Å²) >= 11 is 0. The summed E-state index contributed by atoms with van der Waals surface area (Å²) in [5.41, 5.74) is 0.626. The van der Waals surface area contributed by atoms with Crippen molar-refractivity contribution in [1.82, 2.24) is 9.88 Å². The first-order valence-electron chi connectivity index (χ1n) is 6.08. The Morgan fingerprint density at radius 1 is 1.22 bits per heavy atom. The van der Waals surface area contributed by atoms with Gasteiger partial charge in [0.2, 0.25) is 0 Å². The Hall–Kier alpha value is -2.10. The molecular weight excluding hydrogens is 228 g/mol. The number of amides is 1. The molecule has 94 valence electrons. The molecule has 1 aromatic carbocycles. The van der Waals surface area contributed by atoms with Crippen molar-refractivity contribution in [1.29, 1.82) is 0 Å². The fourth-order valence-electron chi connectivity index (χ4n) is 1.99. The van der Waals surface area contributed by atoms with Crippen LogP contribution in [-0.4, -0.2) is 28.9 Å². The summed E-state index contributed by atoms with van der Waals surface area (Å²) in [6.45, 7) is 5.00. The summed E-state index contributed by atoms with van der Waals surface area (Å²) in [5, 5.41) is 0.868. The van der Waals surface area contributed by atoms with Gasteiger partial charge in [0.1, 0.15) is 5.56 Å². The number of aromatic nitrogens is 1. The molecule has 4 nitrogen and oxygen atoms in total. The van der Waals surface area contributed by atoms with E-state index in [0.717, 1.165) is 10.9 Å². The van der Waals surface area contributed by atoms with Gasteiger partial charge in [0.15, 0.2) is 0 Å². The number of nitrogens with zero attached hydrogens (tertiary/aromatic N) is 1. The third kappa shape index (κ3) is 2.14.